The first-order valence-corrected chi connectivity index (χ1v) is 8.39. The molecule has 0 atom stereocenters. The molecule has 25 heavy (non-hydrogen) atoms. The molecule has 0 spiro atoms. The van der Waals surface area contributed by atoms with Gasteiger partial charge in [0.15, 0.2) is 0 Å². The van der Waals surface area contributed by atoms with Crippen LogP contribution in [0.2, 0.25) is 0 Å². The van der Waals surface area contributed by atoms with Crippen molar-refractivity contribution in [3.63, 3.8) is 0 Å². The lowest BCUT2D eigenvalue weighted by atomic mass is 10.2. The highest BCUT2D eigenvalue weighted by Crippen LogP contribution is 2.08. The van der Waals surface area contributed by atoms with Crippen LogP contribution in [0.5, 0.6) is 0 Å². The molecule has 1 aromatic heterocycles. The van der Waals surface area contributed by atoms with Crippen molar-refractivity contribution in [1.29, 1.82) is 0 Å². The summed E-state index contributed by atoms with van der Waals surface area (Å²) >= 11 is 0. The molecule has 0 unspecified atom stereocenters. The van der Waals surface area contributed by atoms with Crippen molar-refractivity contribution in [2.45, 2.75) is 0 Å². The number of nitrogens with zero attached hydrogens (tertiary/aromatic N) is 5. The van der Waals surface area contributed by atoms with Crippen molar-refractivity contribution in [1.82, 2.24) is 19.2 Å². The zero-order valence-electron chi connectivity index (χ0n) is 14.6. The van der Waals surface area contributed by atoms with Crippen LogP contribution in [0.25, 0.3) is 6.08 Å². The second kappa shape index (κ2) is 7.48. The minimum Gasteiger partial charge on any atom is -0.348 e. The van der Waals surface area contributed by atoms with Gasteiger partial charge in [0.25, 0.3) is 5.56 Å². The lowest BCUT2D eigenvalue weighted by Gasteiger charge is -2.34. The van der Waals surface area contributed by atoms with Gasteiger partial charge in [-0.15, -0.1) is 5.10 Å². The van der Waals surface area contributed by atoms with Crippen molar-refractivity contribution >= 4 is 11.9 Å². The summed E-state index contributed by atoms with van der Waals surface area (Å²) in [5.41, 5.74) is 0.456. The van der Waals surface area contributed by atoms with E-state index in [0.717, 1.165) is 37.3 Å². The SMILES string of the molecule is Cn1nc(N2CCN(CC=Cc3ccccc3)CC2)c(=O)n(C)c1=O. The first kappa shape index (κ1) is 17.2. The van der Waals surface area contributed by atoms with Crippen molar-refractivity contribution in [3.05, 3.63) is 62.8 Å². The summed E-state index contributed by atoms with van der Waals surface area (Å²) in [6.07, 6.45) is 4.28. The fourth-order valence-corrected chi connectivity index (χ4v) is 2.92. The Balaban J connectivity index is 1.60. The zero-order chi connectivity index (χ0) is 17.8. The van der Waals surface area contributed by atoms with Gasteiger partial charge < -0.3 is 4.90 Å². The number of benzene rings is 1. The average molecular weight is 341 g/mol. The number of hydrogen-bond acceptors (Lipinski definition) is 5. The van der Waals surface area contributed by atoms with Crippen LogP contribution in [0.1, 0.15) is 5.56 Å². The highest BCUT2D eigenvalue weighted by Gasteiger charge is 2.21. The molecule has 132 valence electrons. The minimum atomic E-state index is -0.404. The summed E-state index contributed by atoms with van der Waals surface area (Å²) in [6.45, 7) is 4.03. The monoisotopic (exact) mass is 341 g/mol. The lowest BCUT2D eigenvalue weighted by Crippen LogP contribution is -2.50. The first-order chi connectivity index (χ1) is 12.1. The summed E-state index contributed by atoms with van der Waals surface area (Å²) < 4.78 is 2.32. The molecular weight excluding hydrogens is 318 g/mol. The number of aryl methyl sites for hydroxylation is 1. The Labute approximate surface area is 146 Å². The van der Waals surface area contributed by atoms with Crippen LogP contribution in [-0.4, -0.2) is 52.0 Å². The first-order valence-electron chi connectivity index (χ1n) is 8.39. The van der Waals surface area contributed by atoms with E-state index in [1.54, 1.807) is 7.05 Å². The van der Waals surface area contributed by atoms with Gasteiger partial charge in [0.2, 0.25) is 5.82 Å². The Morgan fingerprint density at radius 3 is 2.40 bits per heavy atom. The standard InChI is InChI=1S/C18H23N5O2/c1-20-17(24)16(19-21(2)18(20)25)23-13-11-22(12-14-23)10-6-9-15-7-4-3-5-8-15/h3-9H,10-14H2,1-2H3. The van der Waals surface area contributed by atoms with E-state index in [2.05, 4.69) is 34.3 Å². The maximum absolute atomic E-state index is 12.3. The van der Waals surface area contributed by atoms with Gasteiger partial charge in [-0.05, 0) is 5.56 Å². The molecule has 0 aliphatic carbocycles. The van der Waals surface area contributed by atoms with Crippen LogP contribution in [-0.2, 0) is 14.1 Å². The van der Waals surface area contributed by atoms with Crippen LogP contribution < -0.4 is 16.1 Å². The Morgan fingerprint density at radius 2 is 1.72 bits per heavy atom. The maximum atomic E-state index is 12.3. The van der Waals surface area contributed by atoms with E-state index in [9.17, 15) is 9.59 Å². The van der Waals surface area contributed by atoms with Gasteiger partial charge in [-0.25, -0.2) is 9.48 Å². The lowest BCUT2D eigenvalue weighted by molar-refractivity contribution is 0.282. The predicted molar refractivity (Wildman–Crippen MR) is 98.8 cm³/mol. The molecule has 1 aromatic carbocycles. The summed E-state index contributed by atoms with van der Waals surface area (Å²) in [4.78, 5) is 28.3. The molecule has 1 saturated heterocycles. The molecule has 0 amide bonds. The van der Waals surface area contributed by atoms with Crippen LogP contribution in [0.4, 0.5) is 5.82 Å². The molecule has 0 bridgehead atoms. The van der Waals surface area contributed by atoms with Gasteiger partial charge in [0.1, 0.15) is 0 Å². The van der Waals surface area contributed by atoms with Crippen molar-refractivity contribution in [3.8, 4) is 0 Å². The third-order valence-electron chi connectivity index (χ3n) is 4.45. The quantitative estimate of drug-likeness (QED) is 0.801. The molecule has 0 radical (unpaired) electrons. The Bertz CT molecular complexity index is 861. The van der Waals surface area contributed by atoms with Gasteiger partial charge in [0.05, 0.1) is 0 Å². The summed E-state index contributed by atoms with van der Waals surface area (Å²) in [5.74, 6) is 0.351. The van der Waals surface area contributed by atoms with Crippen LogP contribution in [0.15, 0.2) is 46.0 Å². The number of anilines is 1. The summed E-state index contributed by atoms with van der Waals surface area (Å²) in [7, 11) is 3.05. The summed E-state index contributed by atoms with van der Waals surface area (Å²) in [6, 6.07) is 10.2. The van der Waals surface area contributed by atoms with E-state index in [1.165, 1.54) is 17.3 Å². The van der Waals surface area contributed by atoms with E-state index in [4.69, 9.17) is 0 Å². The Morgan fingerprint density at radius 1 is 1.04 bits per heavy atom. The highest BCUT2D eigenvalue weighted by atomic mass is 16.2. The second-order valence-electron chi connectivity index (χ2n) is 6.19. The van der Waals surface area contributed by atoms with E-state index in [-0.39, 0.29) is 5.56 Å². The molecular formula is C18H23N5O2. The Hall–Kier alpha value is -2.67. The van der Waals surface area contributed by atoms with Crippen molar-refractivity contribution in [2.24, 2.45) is 14.1 Å². The molecule has 3 rings (SSSR count). The molecule has 0 saturated carbocycles. The number of hydrogen-bond donors (Lipinski definition) is 0. The van der Waals surface area contributed by atoms with E-state index in [1.807, 2.05) is 23.1 Å². The minimum absolute atomic E-state index is 0.333. The van der Waals surface area contributed by atoms with Gasteiger partial charge in [-0.3, -0.25) is 14.3 Å². The largest absolute Gasteiger partial charge is 0.348 e. The van der Waals surface area contributed by atoms with E-state index < -0.39 is 5.69 Å². The third kappa shape index (κ3) is 3.88. The van der Waals surface area contributed by atoms with Crippen LogP contribution in [0, 0.1) is 0 Å². The summed E-state index contributed by atoms with van der Waals surface area (Å²) in [5, 5.41) is 4.15. The molecule has 2 heterocycles. The molecule has 1 aliphatic heterocycles. The van der Waals surface area contributed by atoms with Crippen LogP contribution >= 0.6 is 0 Å². The second-order valence-corrected chi connectivity index (χ2v) is 6.19. The molecule has 7 nitrogen and oxygen atoms in total. The number of rotatable bonds is 4. The normalized spacial score (nSPS) is 15.8. The number of aromatic nitrogens is 3. The zero-order valence-corrected chi connectivity index (χ0v) is 14.6. The molecule has 7 heteroatoms. The molecule has 1 fully saturated rings. The van der Waals surface area contributed by atoms with Gasteiger partial charge >= 0.3 is 5.69 Å². The van der Waals surface area contributed by atoms with Crippen LogP contribution in [0.3, 0.4) is 0 Å². The molecule has 1 aliphatic rings. The van der Waals surface area contributed by atoms with Gasteiger partial charge in [-0.2, -0.15) is 0 Å². The van der Waals surface area contributed by atoms with Crippen molar-refractivity contribution in [2.75, 3.05) is 37.6 Å². The molecule has 0 N–H and O–H groups in total. The van der Waals surface area contributed by atoms with Gasteiger partial charge in [0, 0.05) is 46.8 Å². The topological polar surface area (TPSA) is 63.4 Å². The predicted octanol–water partition coefficient (Wildman–Crippen LogP) is 0.314. The third-order valence-corrected chi connectivity index (χ3v) is 4.45. The molecule has 2 aromatic rings. The highest BCUT2D eigenvalue weighted by molar-refractivity contribution is 5.48. The van der Waals surface area contributed by atoms with Crippen molar-refractivity contribution < 1.29 is 0 Å². The Kier molecular flexibility index (Phi) is 5.14. The fraction of sp³-hybridized carbons (Fsp3) is 0.389. The van der Waals surface area contributed by atoms with Gasteiger partial charge in [-0.1, -0.05) is 42.5 Å². The van der Waals surface area contributed by atoms with E-state index in [0.29, 0.717) is 5.82 Å². The smallest absolute Gasteiger partial charge is 0.346 e. The number of piperazine rings is 1. The average Bonchev–Trinajstić information content (AvgIpc) is 2.64. The van der Waals surface area contributed by atoms with E-state index >= 15 is 0 Å². The maximum Gasteiger partial charge on any atom is 0.346 e. The fourth-order valence-electron chi connectivity index (χ4n) is 2.92.